The van der Waals surface area contributed by atoms with Gasteiger partial charge in [-0.25, -0.2) is 0 Å². The molecule has 0 aliphatic carbocycles. The van der Waals surface area contributed by atoms with Crippen LogP contribution in [0.3, 0.4) is 0 Å². The minimum absolute atomic E-state index is 0.0527. The summed E-state index contributed by atoms with van der Waals surface area (Å²) in [5.74, 6) is 0. The third kappa shape index (κ3) is 1.72. The third-order valence-electron chi connectivity index (χ3n) is 1.19. The van der Waals surface area contributed by atoms with Crippen molar-refractivity contribution in [2.24, 2.45) is 0 Å². The van der Waals surface area contributed by atoms with Crippen LogP contribution in [0.4, 0.5) is 0 Å². The van der Waals surface area contributed by atoms with Crippen molar-refractivity contribution in [3.8, 4) is 0 Å². The fourth-order valence-electron chi connectivity index (χ4n) is 0.599. The van der Waals surface area contributed by atoms with Crippen molar-refractivity contribution < 1.29 is 0 Å². The molecule has 1 aliphatic rings. The fourth-order valence-corrected chi connectivity index (χ4v) is 3.82. The summed E-state index contributed by atoms with van der Waals surface area (Å²) >= 11 is 7.30. The Kier molecular flexibility index (Phi) is 2.77. The summed E-state index contributed by atoms with van der Waals surface area (Å²) in [5, 5.41) is 2.18. The summed E-state index contributed by atoms with van der Waals surface area (Å²) in [4.78, 5) is 3.53. The van der Waals surface area contributed by atoms with E-state index in [1.807, 2.05) is 11.8 Å². The zero-order valence-electron chi connectivity index (χ0n) is 6.22. The summed E-state index contributed by atoms with van der Waals surface area (Å²) in [6.45, 7) is 2.13. The van der Waals surface area contributed by atoms with Crippen molar-refractivity contribution in [2.75, 3.05) is 14.1 Å². The maximum absolute atomic E-state index is 3.65. The second-order valence-electron chi connectivity index (χ2n) is 2.35. The molecule has 0 radical (unpaired) electrons. The molecule has 0 aromatic carbocycles. The molecule has 1 aliphatic heterocycles. The van der Waals surface area contributed by atoms with Gasteiger partial charge in [-0.05, 0) is 47.3 Å². The van der Waals surface area contributed by atoms with Gasteiger partial charge in [-0.1, -0.05) is 23.5 Å². The summed E-state index contributed by atoms with van der Waals surface area (Å²) < 4.78 is 0.0527. The molecule has 1 nitrogen and oxygen atoms in total. The predicted octanol–water partition coefficient (Wildman–Crippen LogP) is 2.90. The molecule has 0 N–H and O–H groups in total. The standard InChI is InChI=1S/C6H10BrNS2/c1-5-4-9-6(7,10-5)8(2)3/h4H,1-3H3. The van der Waals surface area contributed by atoms with Crippen molar-refractivity contribution in [3.05, 3.63) is 10.3 Å². The van der Waals surface area contributed by atoms with Gasteiger partial charge in [0, 0.05) is 0 Å². The summed E-state index contributed by atoms with van der Waals surface area (Å²) in [6.07, 6.45) is 0. The van der Waals surface area contributed by atoms with Crippen molar-refractivity contribution in [2.45, 2.75) is 10.0 Å². The minimum Gasteiger partial charge on any atom is -0.277 e. The summed E-state index contributed by atoms with van der Waals surface area (Å²) in [7, 11) is 4.14. The van der Waals surface area contributed by atoms with Crippen molar-refractivity contribution in [1.82, 2.24) is 4.90 Å². The molecule has 10 heavy (non-hydrogen) atoms. The van der Waals surface area contributed by atoms with E-state index in [0.29, 0.717) is 0 Å². The Balaban J connectivity index is 2.61. The molecular formula is C6H10BrNS2. The van der Waals surface area contributed by atoms with E-state index in [2.05, 4.69) is 47.3 Å². The van der Waals surface area contributed by atoms with Gasteiger partial charge in [-0.2, -0.15) is 0 Å². The number of alkyl halides is 1. The molecule has 0 spiro atoms. The van der Waals surface area contributed by atoms with Crippen molar-refractivity contribution in [1.29, 1.82) is 0 Å². The van der Waals surface area contributed by atoms with Gasteiger partial charge in [0.2, 0.25) is 0 Å². The zero-order chi connectivity index (χ0) is 7.78. The van der Waals surface area contributed by atoms with Crippen LogP contribution >= 0.6 is 39.5 Å². The van der Waals surface area contributed by atoms with E-state index in [1.54, 1.807) is 11.8 Å². The molecule has 0 aromatic heterocycles. The summed E-state index contributed by atoms with van der Waals surface area (Å²) in [6, 6.07) is 0. The third-order valence-corrected chi connectivity index (χ3v) is 5.82. The Morgan fingerprint density at radius 1 is 1.60 bits per heavy atom. The molecule has 0 saturated heterocycles. The van der Waals surface area contributed by atoms with Crippen LogP contribution in [0.2, 0.25) is 0 Å². The Labute approximate surface area is 78.7 Å². The monoisotopic (exact) mass is 239 g/mol. The van der Waals surface area contributed by atoms with Crippen molar-refractivity contribution in [3.63, 3.8) is 0 Å². The summed E-state index contributed by atoms with van der Waals surface area (Å²) in [5.41, 5.74) is 0. The SMILES string of the molecule is CC1=CSC(Br)(N(C)C)S1. The van der Waals surface area contributed by atoms with Crippen LogP contribution in [0.15, 0.2) is 10.3 Å². The van der Waals surface area contributed by atoms with Crippen LogP contribution in [-0.4, -0.2) is 22.1 Å². The van der Waals surface area contributed by atoms with Crippen molar-refractivity contribution >= 4 is 39.5 Å². The highest BCUT2D eigenvalue weighted by Gasteiger charge is 2.34. The Bertz CT molecular complexity index is 169. The lowest BCUT2D eigenvalue weighted by molar-refractivity contribution is 0.443. The number of nitrogens with zero attached hydrogens (tertiary/aromatic N) is 1. The highest BCUT2D eigenvalue weighted by atomic mass is 79.9. The topological polar surface area (TPSA) is 3.24 Å². The highest BCUT2D eigenvalue weighted by molar-refractivity contribution is 9.14. The molecule has 0 saturated carbocycles. The molecule has 1 unspecified atom stereocenters. The molecule has 1 rings (SSSR count). The Morgan fingerprint density at radius 2 is 2.20 bits per heavy atom. The van der Waals surface area contributed by atoms with E-state index in [4.69, 9.17) is 0 Å². The maximum Gasteiger partial charge on any atom is 0.178 e. The zero-order valence-corrected chi connectivity index (χ0v) is 9.44. The van der Waals surface area contributed by atoms with Gasteiger partial charge in [-0.3, -0.25) is 4.90 Å². The first-order valence-electron chi connectivity index (χ1n) is 2.94. The molecule has 0 fully saturated rings. The maximum atomic E-state index is 3.65. The first-order valence-corrected chi connectivity index (χ1v) is 5.43. The first kappa shape index (κ1) is 8.97. The molecule has 58 valence electrons. The molecule has 0 bridgehead atoms. The van der Waals surface area contributed by atoms with E-state index in [-0.39, 0.29) is 3.11 Å². The quantitative estimate of drug-likeness (QED) is 0.512. The van der Waals surface area contributed by atoms with Crippen LogP contribution in [0.1, 0.15) is 6.92 Å². The van der Waals surface area contributed by atoms with E-state index in [9.17, 15) is 0 Å². The van der Waals surface area contributed by atoms with E-state index >= 15 is 0 Å². The second kappa shape index (κ2) is 3.09. The second-order valence-corrected chi connectivity index (χ2v) is 7.30. The van der Waals surface area contributed by atoms with Gasteiger partial charge in [0.15, 0.2) is 3.11 Å². The van der Waals surface area contributed by atoms with Gasteiger partial charge in [-0.15, -0.1) is 0 Å². The number of hydrogen-bond donors (Lipinski definition) is 0. The van der Waals surface area contributed by atoms with Crippen LogP contribution in [0.5, 0.6) is 0 Å². The number of halogens is 1. The molecule has 1 atom stereocenters. The fraction of sp³-hybridized carbons (Fsp3) is 0.667. The highest BCUT2D eigenvalue weighted by Crippen LogP contribution is 2.54. The van der Waals surface area contributed by atoms with Gasteiger partial charge >= 0.3 is 0 Å². The molecular weight excluding hydrogens is 230 g/mol. The molecule has 0 aromatic rings. The van der Waals surface area contributed by atoms with E-state index in [0.717, 1.165) is 0 Å². The average Bonchev–Trinajstić information content (AvgIpc) is 2.13. The normalized spacial score (nSPS) is 33.1. The van der Waals surface area contributed by atoms with Gasteiger partial charge < -0.3 is 0 Å². The number of allylic oxidation sites excluding steroid dienone is 1. The Morgan fingerprint density at radius 3 is 2.40 bits per heavy atom. The molecule has 1 heterocycles. The lowest BCUT2D eigenvalue weighted by Crippen LogP contribution is -2.29. The van der Waals surface area contributed by atoms with Gasteiger partial charge in [0.1, 0.15) is 0 Å². The molecule has 4 heteroatoms. The largest absolute Gasteiger partial charge is 0.277 e. The smallest absolute Gasteiger partial charge is 0.178 e. The minimum atomic E-state index is 0.0527. The van der Waals surface area contributed by atoms with Crippen LogP contribution in [-0.2, 0) is 0 Å². The van der Waals surface area contributed by atoms with Gasteiger partial charge in [0.25, 0.3) is 0 Å². The van der Waals surface area contributed by atoms with Gasteiger partial charge in [0.05, 0.1) is 0 Å². The first-order chi connectivity index (χ1) is 4.54. The van der Waals surface area contributed by atoms with Crippen LogP contribution in [0, 0.1) is 0 Å². The number of hydrogen-bond acceptors (Lipinski definition) is 3. The lowest BCUT2D eigenvalue weighted by Gasteiger charge is -2.27. The van der Waals surface area contributed by atoms with Crippen LogP contribution in [0.25, 0.3) is 0 Å². The number of rotatable bonds is 1. The molecule has 0 amide bonds. The predicted molar refractivity (Wildman–Crippen MR) is 54.3 cm³/mol. The average molecular weight is 240 g/mol. The van der Waals surface area contributed by atoms with Crippen LogP contribution < -0.4 is 0 Å². The lowest BCUT2D eigenvalue weighted by atomic mass is 10.8. The number of thioether (sulfide) groups is 2. The Hall–Kier alpha value is 0.880. The van der Waals surface area contributed by atoms with E-state index in [1.165, 1.54) is 4.91 Å². The van der Waals surface area contributed by atoms with E-state index < -0.39 is 0 Å².